The van der Waals surface area contributed by atoms with Gasteiger partial charge in [0.15, 0.2) is 0 Å². The number of carbonyl (C=O) groups excluding carboxylic acids is 4. The zero-order valence-electron chi connectivity index (χ0n) is 15.4. The molecule has 146 valence electrons. The molecule has 0 spiro atoms. The molecule has 0 aromatic heterocycles. The summed E-state index contributed by atoms with van der Waals surface area (Å²) in [5.74, 6) is -1.25. The highest BCUT2D eigenvalue weighted by atomic mass is 16.2. The molecule has 8 nitrogen and oxygen atoms in total. The molecule has 3 atom stereocenters. The van der Waals surface area contributed by atoms with Gasteiger partial charge in [-0.25, -0.2) is 0 Å². The summed E-state index contributed by atoms with van der Waals surface area (Å²) in [6.45, 7) is 2.44. The topological polar surface area (TPSA) is 108 Å². The van der Waals surface area contributed by atoms with E-state index in [2.05, 4.69) is 16.0 Å². The van der Waals surface area contributed by atoms with Crippen LogP contribution in [-0.2, 0) is 16.1 Å². The summed E-state index contributed by atoms with van der Waals surface area (Å²) >= 11 is 0. The highest BCUT2D eigenvalue weighted by molar-refractivity contribution is 6.24. The Morgan fingerprint density at radius 2 is 2.00 bits per heavy atom. The number of hydrogen-bond donors (Lipinski definition) is 3. The van der Waals surface area contributed by atoms with Gasteiger partial charge in [-0.2, -0.15) is 0 Å². The maximum Gasteiger partial charge on any atom is 0.262 e. The Hall–Kier alpha value is -2.58. The minimum atomic E-state index is -0.931. The SMILES string of the molecule is O=C1CCC(N2C(=O)c3cccc(CNC45CCC4CNC5)c3C2=O)C(=O)N1. The predicted octanol–water partition coefficient (Wildman–Crippen LogP) is -0.0706. The van der Waals surface area contributed by atoms with E-state index < -0.39 is 23.8 Å². The zero-order valence-corrected chi connectivity index (χ0v) is 15.4. The smallest absolute Gasteiger partial charge is 0.262 e. The van der Waals surface area contributed by atoms with Crippen LogP contribution in [0, 0.1) is 5.92 Å². The van der Waals surface area contributed by atoms with Gasteiger partial charge in [0.05, 0.1) is 11.1 Å². The van der Waals surface area contributed by atoms with Crippen molar-refractivity contribution < 1.29 is 19.2 Å². The molecule has 1 aromatic rings. The zero-order chi connectivity index (χ0) is 19.5. The van der Waals surface area contributed by atoms with Gasteiger partial charge >= 0.3 is 0 Å². The van der Waals surface area contributed by atoms with Gasteiger partial charge in [0.1, 0.15) is 6.04 Å². The first-order valence-electron chi connectivity index (χ1n) is 9.79. The second-order valence-electron chi connectivity index (χ2n) is 8.16. The van der Waals surface area contributed by atoms with Crippen LogP contribution in [0.2, 0.25) is 0 Å². The third-order valence-electron chi connectivity index (χ3n) is 6.74. The van der Waals surface area contributed by atoms with Crippen molar-refractivity contribution in [1.29, 1.82) is 0 Å². The quantitative estimate of drug-likeness (QED) is 0.630. The number of piperidine rings is 1. The Bertz CT molecular complexity index is 913. The van der Waals surface area contributed by atoms with Crippen LogP contribution in [0.25, 0.3) is 0 Å². The van der Waals surface area contributed by atoms with Gasteiger partial charge in [-0.05, 0) is 43.4 Å². The molecule has 3 aliphatic heterocycles. The molecule has 8 heteroatoms. The van der Waals surface area contributed by atoms with E-state index in [4.69, 9.17) is 0 Å². The van der Waals surface area contributed by atoms with E-state index in [1.165, 1.54) is 6.42 Å². The van der Waals surface area contributed by atoms with Crippen molar-refractivity contribution >= 4 is 23.6 Å². The van der Waals surface area contributed by atoms with Gasteiger partial charge in [0.25, 0.3) is 11.8 Å². The summed E-state index contributed by atoms with van der Waals surface area (Å²) in [6.07, 6.45) is 2.60. The molecule has 3 heterocycles. The van der Waals surface area contributed by atoms with Crippen molar-refractivity contribution in [3.05, 3.63) is 34.9 Å². The average molecular weight is 382 g/mol. The van der Waals surface area contributed by atoms with E-state index in [9.17, 15) is 19.2 Å². The summed E-state index contributed by atoms with van der Waals surface area (Å²) in [7, 11) is 0. The number of carbonyl (C=O) groups is 4. The molecule has 5 rings (SSSR count). The molecular formula is C20H22N4O4. The molecule has 2 saturated heterocycles. The van der Waals surface area contributed by atoms with Gasteiger partial charge in [-0.1, -0.05) is 12.1 Å². The molecule has 4 amide bonds. The number of hydrogen-bond acceptors (Lipinski definition) is 6. The average Bonchev–Trinajstić information content (AvgIpc) is 3.08. The van der Waals surface area contributed by atoms with Crippen LogP contribution in [0.3, 0.4) is 0 Å². The molecule has 1 aromatic carbocycles. The summed E-state index contributed by atoms with van der Waals surface area (Å²) in [5, 5.41) is 9.27. The molecule has 4 aliphatic rings. The monoisotopic (exact) mass is 382 g/mol. The number of rotatable bonds is 4. The second kappa shape index (κ2) is 6.22. The normalized spacial score (nSPS) is 31.5. The molecule has 0 bridgehead atoms. The number of fused-ring (bicyclic) bond motifs is 2. The first-order valence-corrected chi connectivity index (χ1v) is 9.79. The Balaban J connectivity index is 1.40. The summed E-state index contributed by atoms with van der Waals surface area (Å²) < 4.78 is 0. The first kappa shape index (κ1) is 17.5. The lowest BCUT2D eigenvalue weighted by atomic mass is 9.69. The standard InChI is InChI=1S/C20H22N4O4/c25-15-5-4-14(17(26)23-15)24-18(27)13-3-1-2-11(16(13)19(24)28)8-22-20-7-6-12(20)9-21-10-20/h1-3,12,14,21-22H,4-10H2,(H,23,25,26). The van der Waals surface area contributed by atoms with Crippen LogP contribution in [0.15, 0.2) is 18.2 Å². The number of nitrogens with one attached hydrogen (secondary N) is 3. The van der Waals surface area contributed by atoms with Crippen molar-refractivity contribution in [2.45, 2.75) is 43.8 Å². The summed E-state index contributed by atoms with van der Waals surface area (Å²) in [6, 6.07) is 4.33. The third-order valence-corrected chi connectivity index (χ3v) is 6.74. The van der Waals surface area contributed by atoms with Crippen molar-refractivity contribution in [1.82, 2.24) is 20.9 Å². The van der Waals surface area contributed by atoms with Crippen LogP contribution in [0.4, 0.5) is 0 Å². The van der Waals surface area contributed by atoms with Crippen molar-refractivity contribution in [2.24, 2.45) is 5.92 Å². The Labute approximate surface area is 162 Å². The van der Waals surface area contributed by atoms with E-state index >= 15 is 0 Å². The molecule has 0 radical (unpaired) electrons. The minimum Gasteiger partial charge on any atom is -0.315 e. The van der Waals surface area contributed by atoms with Crippen molar-refractivity contribution in [2.75, 3.05) is 13.1 Å². The van der Waals surface area contributed by atoms with Gasteiger partial charge in [-0.3, -0.25) is 29.4 Å². The number of amides is 4. The Morgan fingerprint density at radius 1 is 1.14 bits per heavy atom. The van der Waals surface area contributed by atoms with E-state index in [0.717, 1.165) is 30.0 Å². The predicted molar refractivity (Wildman–Crippen MR) is 98.3 cm³/mol. The van der Waals surface area contributed by atoms with Crippen molar-refractivity contribution in [3.63, 3.8) is 0 Å². The highest BCUT2D eigenvalue weighted by Crippen LogP contribution is 2.41. The number of imide groups is 2. The highest BCUT2D eigenvalue weighted by Gasteiger charge is 2.50. The molecule has 3 unspecified atom stereocenters. The van der Waals surface area contributed by atoms with Gasteiger partial charge in [-0.15, -0.1) is 0 Å². The molecule has 3 N–H and O–H groups in total. The minimum absolute atomic E-state index is 0.0810. The van der Waals surface area contributed by atoms with Crippen LogP contribution >= 0.6 is 0 Å². The molecule has 1 aliphatic carbocycles. The summed E-state index contributed by atoms with van der Waals surface area (Å²) in [5.41, 5.74) is 1.57. The third kappa shape index (κ3) is 2.44. The molecule has 3 fully saturated rings. The van der Waals surface area contributed by atoms with Crippen LogP contribution in [-0.4, -0.2) is 53.2 Å². The van der Waals surface area contributed by atoms with Crippen LogP contribution in [0.1, 0.15) is 52.0 Å². The van der Waals surface area contributed by atoms with Gasteiger partial charge in [0, 0.05) is 25.0 Å². The fraction of sp³-hybridized carbons (Fsp3) is 0.500. The lowest BCUT2D eigenvalue weighted by Crippen LogP contribution is -2.57. The van der Waals surface area contributed by atoms with E-state index in [1.54, 1.807) is 12.1 Å². The Morgan fingerprint density at radius 3 is 2.71 bits per heavy atom. The lowest BCUT2D eigenvalue weighted by Gasteiger charge is -2.45. The fourth-order valence-corrected chi connectivity index (χ4v) is 5.00. The molecule has 28 heavy (non-hydrogen) atoms. The van der Waals surface area contributed by atoms with E-state index in [0.29, 0.717) is 23.6 Å². The van der Waals surface area contributed by atoms with E-state index in [1.807, 2.05) is 6.07 Å². The maximum atomic E-state index is 13.1. The summed E-state index contributed by atoms with van der Waals surface area (Å²) in [4.78, 5) is 50.6. The Kier molecular flexibility index (Phi) is 3.89. The fourth-order valence-electron chi connectivity index (χ4n) is 5.00. The first-order chi connectivity index (χ1) is 13.5. The van der Waals surface area contributed by atoms with E-state index in [-0.39, 0.29) is 24.3 Å². The van der Waals surface area contributed by atoms with Crippen molar-refractivity contribution in [3.8, 4) is 0 Å². The van der Waals surface area contributed by atoms with Crippen LogP contribution in [0.5, 0.6) is 0 Å². The maximum absolute atomic E-state index is 13.1. The van der Waals surface area contributed by atoms with Crippen LogP contribution < -0.4 is 16.0 Å². The molecular weight excluding hydrogens is 360 g/mol. The number of nitrogens with zero attached hydrogens (tertiary/aromatic N) is 1. The van der Waals surface area contributed by atoms with Gasteiger partial charge < -0.3 is 10.6 Å². The largest absolute Gasteiger partial charge is 0.315 e. The second-order valence-corrected chi connectivity index (χ2v) is 8.16. The number of benzene rings is 1. The molecule has 1 saturated carbocycles. The lowest BCUT2D eigenvalue weighted by molar-refractivity contribution is -0.136. The van der Waals surface area contributed by atoms with Gasteiger partial charge in [0.2, 0.25) is 11.8 Å².